The minimum atomic E-state index is 0.248. The maximum absolute atomic E-state index is 12.5. The van der Waals surface area contributed by atoms with Crippen LogP contribution in [0, 0.1) is 6.92 Å². The smallest absolute Gasteiger partial charge is 0.254 e. The molecule has 18 heavy (non-hydrogen) atoms. The third-order valence-corrected chi connectivity index (χ3v) is 4.00. The van der Waals surface area contributed by atoms with Crippen LogP contribution in [0.5, 0.6) is 0 Å². The van der Waals surface area contributed by atoms with Crippen LogP contribution in [0.1, 0.15) is 37.7 Å². The average molecular weight is 241 g/mol. The van der Waals surface area contributed by atoms with Crippen LogP contribution in [0.25, 0.3) is 0 Å². The Morgan fingerprint density at radius 3 is 2.78 bits per heavy atom. The van der Waals surface area contributed by atoms with Crippen molar-refractivity contribution in [3.63, 3.8) is 0 Å². The van der Waals surface area contributed by atoms with Crippen molar-refractivity contribution >= 4 is 11.6 Å². The van der Waals surface area contributed by atoms with E-state index in [1.165, 1.54) is 30.4 Å². The fraction of sp³-hybridized carbons (Fsp3) is 0.438. The molecule has 0 saturated carbocycles. The number of benzene rings is 1. The summed E-state index contributed by atoms with van der Waals surface area (Å²) in [7, 11) is 0. The summed E-state index contributed by atoms with van der Waals surface area (Å²) in [6.07, 6.45) is 5.78. The molecule has 1 aliphatic carbocycles. The summed E-state index contributed by atoms with van der Waals surface area (Å²) in [6.45, 7) is 2.89. The van der Waals surface area contributed by atoms with Gasteiger partial charge in [-0.1, -0.05) is 18.6 Å². The quantitative estimate of drug-likeness (QED) is 0.735. The molecule has 1 aromatic carbocycles. The van der Waals surface area contributed by atoms with Crippen LogP contribution in [0.15, 0.2) is 35.4 Å². The Hall–Kier alpha value is -1.57. The first kappa shape index (κ1) is 11.5. The molecule has 0 N–H and O–H groups in total. The third kappa shape index (κ3) is 1.96. The predicted octanol–water partition coefficient (Wildman–Crippen LogP) is 3.60. The average Bonchev–Trinajstić information content (AvgIpc) is 2.55. The molecule has 3 rings (SSSR count). The van der Waals surface area contributed by atoms with Gasteiger partial charge < -0.3 is 4.90 Å². The number of anilines is 1. The van der Waals surface area contributed by atoms with Gasteiger partial charge in [0.25, 0.3) is 5.91 Å². The van der Waals surface area contributed by atoms with E-state index in [0.29, 0.717) is 0 Å². The molecule has 2 nitrogen and oxygen atoms in total. The van der Waals surface area contributed by atoms with E-state index in [-0.39, 0.29) is 5.91 Å². The molecule has 0 bridgehead atoms. The number of hydrogen-bond acceptors (Lipinski definition) is 1. The Bertz CT molecular complexity index is 516. The SMILES string of the molecule is Cc1cccc(N2CC3=C(CCCCC3)C2=O)c1. The molecule has 0 unspecified atom stereocenters. The van der Waals surface area contributed by atoms with Gasteiger partial charge in [-0.05, 0) is 55.9 Å². The number of hydrogen-bond donors (Lipinski definition) is 0. The summed E-state index contributed by atoms with van der Waals surface area (Å²) in [5, 5.41) is 0. The van der Waals surface area contributed by atoms with Gasteiger partial charge in [0.15, 0.2) is 0 Å². The summed E-state index contributed by atoms with van der Waals surface area (Å²) in [4.78, 5) is 14.4. The van der Waals surface area contributed by atoms with Crippen LogP contribution in [0.2, 0.25) is 0 Å². The molecular weight excluding hydrogens is 222 g/mol. The predicted molar refractivity (Wildman–Crippen MR) is 73.6 cm³/mol. The van der Waals surface area contributed by atoms with Crippen LogP contribution < -0.4 is 4.90 Å². The fourth-order valence-corrected chi connectivity index (χ4v) is 3.01. The molecule has 0 aromatic heterocycles. The van der Waals surface area contributed by atoms with Gasteiger partial charge in [0.1, 0.15) is 0 Å². The largest absolute Gasteiger partial charge is 0.305 e. The maximum Gasteiger partial charge on any atom is 0.254 e. The zero-order valence-corrected chi connectivity index (χ0v) is 10.9. The normalized spacial score (nSPS) is 20.1. The van der Waals surface area contributed by atoms with Crippen molar-refractivity contribution in [3.05, 3.63) is 41.0 Å². The van der Waals surface area contributed by atoms with E-state index >= 15 is 0 Å². The molecule has 94 valence electrons. The van der Waals surface area contributed by atoms with Gasteiger partial charge >= 0.3 is 0 Å². The zero-order valence-electron chi connectivity index (χ0n) is 10.9. The molecule has 1 amide bonds. The summed E-state index contributed by atoms with van der Waals surface area (Å²) in [6, 6.07) is 8.24. The Labute approximate surface area is 108 Å². The van der Waals surface area contributed by atoms with E-state index in [0.717, 1.165) is 30.6 Å². The second kappa shape index (κ2) is 4.60. The molecule has 2 heteroatoms. The Kier molecular flexibility index (Phi) is 2.94. The standard InChI is InChI=1S/C16H19NO/c1-12-6-5-8-14(10-12)17-11-13-7-3-2-4-9-15(13)16(17)18/h5-6,8,10H,2-4,7,9,11H2,1H3. The van der Waals surface area contributed by atoms with E-state index in [1.807, 2.05) is 17.0 Å². The maximum atomic E-state index is 12.5. The van der Waals surface area contributed by atoms with Crippen molar-refractivity contribution in [2.45, 2.75) is 39.0 Å². The van der Waals surface area contributed by atoms with Crippen LogP contribution in [-0.2, 0) is 4.79 Å². The molecule has 1 aliphatic heterocycles. The zero-order chi connectivity index (χ0) is 12.5. The van der Waals surface area contributed by atoms with Crippen molar-refractivity contribution in [2.75, 3.05) is 11.4 Å². The minimum Gasteiger partial charge on any atom is -0.305 e. The van der Waals surface area contributed by atoms with Crippen molar-refractivity contribution < 1.29 is 4.79 Å². The Morgan fingerprint density at radius 2 is 1.94 bits per heavy atom. The van der Waals surface area contributed by atoms with Crippen LogP contribution in [0.3, 0.4) is 0 Å². The Morgan fingerprint density at radius 1 is 1.11 bits per heavy atom. The number of amides is 1. The highest BCUT2D eigenvalue weighted by molar-refractivity contribution is 6.09. The highest BCUT2D eigenvalue weighted by atomic mass is 16.2. The number of nitrogens with zero attached hydrogens (tertiary/aromatic N) is 1. The molecule has 0 radical (unpaired) electrons. The Balaban J connectivity index is 1.88. The van der Waals surface area contributed by atoms with Gasteiger partial charge in [0, 0.05) is 17.8 Å². The monoisotopic (exact) mass is 241 g/mol. The van der Waals surface area contributed by atoms with E-state index in [9.17, 15) is 4.79 Å². The summed E-state index contributed by atoms with van der Waals surface area (Å²) < 4.78 is 0. The summed E-state index contributed by atoms with van der Waals surface area (Å²) in [5.41, 5.74) is 4.75. The highest BCUT2D eigenvalue weighted by Crippen LogP contribution is 2.33. The van der Waals surface area contributed by atoms with Crippen LogP contribution in [-0.4, -0.2) is 12.5 Å². The number of rotatable bonds is 1. The molecule has 1 heterocycles. The number of aryl methyl sites for hydroxylation is 1. The first-order valence-electron chi connectivity index (χ1n) is 6.85. The number of carbonyl (C=O) groups excluding carboxylic acids is 1. The molecule has 2 aliphatic rings. The van der Waals surface area contributed by atoms with Gasteiger partial charge in [0.05, 0.1) is 0 Å². The molecule has 0 fully saturated rings. The third-order valence-electron chi connectivity index (χ3n) is 4.00. The second-order valence-electron chi connectivity index (χ2n) is 5.37. The molecular formula is C16H19NO. The molecule has 1 aromatic rings. The lowest BCUT2D eigenvalue weighted by molar-refractivity contribution is -0.114. The van der Waals surface area contributed by atoms with Crippen LogP contribution in [0.4, 0.5) is 5.69 Å². The highest BCUT2D eigenvalue weighted by Gasteiger charge is 2.31. The first-order valence-corrected chi connectivity index (χ1v) is 6.85. The molecule has 0 spiro atoms. The van der Waals surface area contributed by atoms with Crippen LogP contribution >= 0.6 is 0 Å². The fourth-order valence-electron chi connectivity index (χ4n) is 3.01. The van der Waals surface area contributed by atoms with E-state index in [4.69, 9.17) is 0 Å². The number of carbonyl (C=O) groups is 1. The van der Waals surface area contributed by atoms with Crippen molar-refractivity contribution in [1.29, 1.82) is 0 Å². The first-order chi connectivity index (χ1) is 8.75. The second-order valence-corrected chi connectivity index (χ2v) is 5.37. The lowest BCUT2D eigenvalue weighted by Gasteiger charge is -2.18. The molecule has 0 saturated heterocycles. The summed E-state index contributed by atoms with van der Waals surface area (Å²) >= 11 is 0. The van der Waals surface area contributed by atoms with Crippen molar-refractivity contribution in [1.82, 2.24) is 0 Å². The van der Waals surface area contributed by atoms with Gasteiger partial charge in [0.2, 0.25) is 0 Å². The van der Waals surface area contributed by atoms with Gasteiger partial charge in [-0.15, -0.1) is 0 Å². The topological polar surface area (TPSA) is 20.3 Å². The lowest BCUT2D eigenvalue weighted by Crippen LogP contribution is -2.27. The van der Waals surface area contributed by atoms with Crippen molar-refractivity contribution in [2.24, 2.45) is 0 Å². The summed E-state index contributed by atoms with van der Waals surface area (Å²) in [5.74, 6) is 0.248. The van der Waals surface area contributed by atoms with Gasteiger partial charge in [-0.2, -0.15) is 0 Å². The van der Waals surface area contributed by atoms with Crippen molar-refractivity contribution in [3.8, 4) is 0 Å². The van der Waals surface area contributed by atoms with E-state index in [2.05, 4.69) is 19.1 Å². The minimum absolute atomic E-state index is 0.248. The lowest BCUT2D eigenvalue weighted by atomic mass is 10.1. The molecule has 0 atom stereocenters. The van der Waals surface area contributed by atoms with Gasteiger partial charge in [-0.25, -0.2) is 0 Å². The van der Waals surface area contributed by atoms with E-state index < -0.39 is 0 Å². The van der Waals surface area contributed by atoms with E-state index in [1.54, 1.807) is 0 Å². The van der Waals surface area contributed by atoms with Gasteiger partial charge in [-0.3, -0.25) is 4.79 Å².